The van der Waals surface area contributed by atoms with Crippen molar-refractivity contribution in [2.75, 3.05) is 24.5 Å². The largest absolute Gasteiger partial charge is 0.490 e. The zero-order chi connectivity index (χ0) is 23.4. The number of alkyl halides is 3. The van der Waals surface area contributed by atoms with Gasteiger partial charge in [-0.1, -0.05) is 12.1 Å². The molecule has 2 aliphatic heterocycles. The third-order valence-corrected chi connectivity index (χ3v) is 5.48. The highest BCUT2D eigenvalue weighted by Crippen LogP contribution is 2.42. The molecule has 0 saturated carbocycles. The first-order valence-electron chi connectivity index (χ1n) is 9.85. The SMILES string of the molecule is N#Cc1cccc(N2CC3(CCN(Cc4ccccn4)C3)CC2=O)c1.O=C(O)C(F)(F)F. The number of benzene rings is 1. The van der Waals surface area contributed by atoms with Crippen molar-refractivity contribution in [3.05, 3.63) is 59.9 Å². The summed E-state index contributed by atoms with van der Waals surface area (Å²) in [5.41, 5.74) is 2.52. The quantitative estimate of drug-likeness (QED) is 0.778. The minimum atomic E-state index is -5.08. The van der Waals surface area contributed by atoms with Crippen LogP contribution >= 0.6 is 0 Å². The molecule has 2 aromatic rings. The Labute approximate surface area is 182 Å². The fourth-order valence-electron chi connectivity index (χ4n) is 4.03. The van der Waals surface area contributed by atoms with Crippen molar-refractivity contribution >= 4 is 17.6 Å². The number of aliphatic carboxylic acids is 1. The number of likely N-dealkylation sites (tertiary alicyclic amines) is 1. The van der Waals surface area contributed by atoms with E-state index in [-0.39, 0.29) is 11.3 Å². The normalized spacial score (nSPS) is 20.7. The van der Waals surface area contributed by atoms with Gasteiger partial charge in [0.25, 0.3) is 0 Å². The maximum absolute atomic E-state index is 12.6. The van der Waals surface area contributed by atoms with E-state index < -0.39 is 12.1 Å². The molecule has 1 aromatic heterocycles. The molecule has 1 atom stereocenters. The van der Waals surface area contributed by atoms with Gasteiger partial charge in [-0.2, -0.15) is 18.4 Å². The molecule has 0 radical (unpaired) electrons. The summed E-state index contributed by atoms with van der Waals surface area (Å²) >= 11 is 0. The number of hydrogen-bond donors (Lipinski definition) is 1. The average molecular weight is 446 g/mol. The van der Waals surface area contributed by atoms with Crippen molar-refractivity contribution in [2.45, 2.75) is 25.6 Å². The van der Waals surface area contributed by atoms with E-state index in [0.29, 0.717) is 12.0 Å². The highest BCUT2D eigenvalue weighted by molar-refractivity contribution is 5.96. The van der Waals surface area contributed by atoms with E-state index in [0.717, 1.165) is 44.0 Å². The molecule has 3 heterocycles. The smallest absolute Gasteiger partial charge is 0.475 e. The molecule has 32 heavy (non-hydrogen) atoms. The maximum atomic E-state index is 12.6. The van der Waals surface area contributed by atoms with Gasteiger partial charge in [0, 0.05) is 43.4 Å². The van der Waals surface area contributed by atoms with Crippen LogP contribution in [-0.2, 0) is 16.1 Å². The summed E-state index contributed by atoms with van der Waals surface area (Å²) in [5, 5.41) is 16.2. The van der Waals surface area contributed by atoms with Crippen molar-refractivity contribution in [1.29, 1.82) is 5.26 Å². The van der Waals surface area contributed by atoms with Gasteiger partial charge >= 0.3 is 12.1 Å². The fraction of sp³-hybridized carbons (Fsp3) is 0.364. The number of hydrogen-bond acceptors (Lipinski definition) is 5. The topological polar surface area (TPSA) is 97.5 Å². The molecule has 10 heteroatoms. The fourth-order valence-corrected chi connectivity index (χ4v) is 4.03. The summed E-state index contributed by atoms with van der Waals surface area (Å²) in [6.45, 7) is 3.49. The van der Waals surface area contributed by atoms with Crippen LogP contribution in [0.4, 0.5) is 18.9 Å². The molecule has 0 aliphatic carbocycles. The maximum Gasteiger partial charge on any atom is 0.490 e. The number of pyridine rings is 1. The highest BCUT2D eigenvalue weighted by Gasteiger charge is 2.47. The first-order valence-corrected chi connectivity index (χ1v) is 9.85. The zero-order valence-corrected chi connectivity index (χ0v) is 17.0. The van der Waals surface area contributed by atoms with Gasteiger partial charge in [0.2, 0.25) is 5.91 Å². The van der Waals surface area contributed by atoms with Crippen molar-refractivity contribution in [3.63, 3.8) is 0 Å². The summed E-state index contributed by atoms with van der Waals surface area (Å²) < 4.78 is 31.7. The second-order valence-electron chi connectivity index (χ2n) is 7.90. The lowest BCUT2D eigenvalue weighted by atomic mass is 9.86. The van der Waals surface area contributed by atoms with Gasteiger partial charge in [-0.3, -0.25) is 14.7 Å². The van der Waals surface area contributed by atoms with Crippen molar-refractivity contribution in [3.8, 4) is 6.07 Å². The van der Waals surface area contributed by atoms with Crippen molar-refractivity contribution in [2.24, 2.45) is 5.41 Å². The molecular formula is C22H21F3N4O3. The minimum Gasteiger partial charge on any atom is -0.475 e. The van der Waals surface area contributed by atoms with E-state index >= 15 is 0 Å². The lowest BCUT2D eigenvalue weighted by Gasteiger charge is -2.24. The molecular weight excluding hydrogens is 425 g/mol. The molecule has 1 unspecified atom stereocenters. The van der Waals surface area contributed by atoms with Gasteiger partial charge in [-0.25, -0.2) is 4.79 Å². The number of rotatable bonds is 3. The Kier molecular flexibility index (Phi) is 6.79. The van der Waals surface area contributed by atoms with Crippen LogP contribution < -0.4 is 4.90 Å². The second-order valence-corrected chi connectivity index (χ2v) is 7.90. The zero-order valence-electron chi connectivity index (χ0n) is 17.0. The van der Waals surface area contributed by atoms with Crippen LogP contribution in [0.25, 0.3) is 0 Å². The summed E-state index contributed by atoms with van der Waals surface area (Å²) in [5.74, 6) is -2.60. The monoisotopic (exact) mass is 446 g/mol. The molecule has 1 N–H and O–H groups in total. The van der Waals surface area contributed by atoms with E-state index in [2.05, 4.69) is 16.0 Å². The molecule has 4 rings (SSSR count). The number of anilines is 1. The van der Waals surface area contributed by atoms with Crippen LogP contribution in [0.15, 0.2) is 48.7 Å². The number of halogens is 3. The molecule has 2 fully saturated rings. The summed E-state index contributed by atoms with van der Waals surface area (Å²) in [7, 11) is 0. The third kappa shape index (κ3) is 5.62. The van der Waals surface area contributed by atoms with Gasteiger partial charge in [0.05, 0.1) is 17.3 Å². The summed E-state index contributed by atoms with van der Waals surface area (Å²) in [6, 6.07) is 15.5. The van der Waals surface area contributed by atoms with Gasteiger partial charge in [0.15, 0.2) is 0 Å². The molecule has 2 aliphatic rings. The molecule has 0 bridgehead atoms. The van der Waals surface area contributed by atoms with E-state index in [1.54, 1.807) is 12.1 Å². The van der Waals surface area contributed by atoms with Gasteiger partial charge in [-0.15, -0.1) is 0 Å². The molecule has 1 aromatic carbocycles. The summed E-state index contributed by atoms with van der Waals surface area (Å²) in [6.07, 6.45) is -1.65. The molecule has 2 saturated heterocycles. The van der Waals surface area contributed by atoms with Gasteiger partial charge in [-0.05, 0) is 43.3 Å². The van der Waals surface area contributed by atoms with E-state index in [9.17, 15) is 18.0 Å². The van der Waals surface area contributed by atoms with Crippen LogP contribution in [0.3, 0.4) is 0 Å². The van der Waals surface area contributed by atoms with Crippen molar-refractivity contribution < 1.29 is 27.9 Å². The van der Waals surface area contributed by atoms with E-state index in [1.165, 1.54) is 0 Å². The van der Waals surface area contributed by atoms with Crippen LogP contribution in [0.5, 0.6) is 0 Å². The first-order chi connectivity index (χ1) is 15.1. The van der Waals surface area contributed by atoms with Gasteiger partial charge < -0.3 is 10.0 Å². The number of nitrogens with zero attached hydrogens (tertiary/aromatic N) is 4. The number of aromatic nitrogens is 1. The lowest BCUT2D eigenvalue weighted by Crippen LogP contribution is -2.31. The van der Waals surface area contributed by atoms with Crippen molar-refractivity contribution in [1.82, 2.24) is 9.88 Å². The standard InChI is InChI=1S/C20H20N4O.C2HF3O2/c21-12-16-4-3-6-18(10-16)24-15-20(11-19(24)25)7-9-23(14-20)13-17-5-1-2-8-22-17;3-2(4,5)1(6)7/h1-6,8,10H,7,9,11,13-15H2;(H,6,7). The Balaban J connectivity index is 0.000000360. The second kappa shape index (κ2) is 9.36. The first kappa shape index (κ1) is 23.2. The number of amides is 1. The Morgan fingerprint density at radius 3 is 2.59 bits per heavy atom. The molecule has 1 spiro atoms. The average Bonchev–Trinajstić information content (AvgIpc) is 3.30. The van der Waals surface area contributed by atoms with Crippen LogP contribution in [0.2, 0.25) is 0 Å². The van der Waals surface area contributed by atoms with E-state index in [4.69, 9.17) is 15.2 Å². The highest BCUT2D eigenvalue weighted by atomic mass is 19.4. The Bertz CT molecular complexity index is 1020. The Hall–Kier alpha value is -3.45. The summed E-state index contributed by atoms with van der Waals surface area (Å²) in [4.78, 5) is 30.2. The molecule has 168 valence electrons. The van der Waals surface area contributed by atoms with Crippen LogP contribution in [0, 0.1) is 16.7 Å². The predicted molar refractivity (Wildman–Crippen MR) is 108 cm³/mol. The lowest BCUT2D eigenvalue weighted by molar-refractivity contribution is -0.192. The Morgan fingerprint density at radius 1 is 1.22 bits per heavy atom. The number of carbonyl (C=O) groups is 2. The molecule has 7 nitrogen and oxygen atoms in total. The molecule has 1 amide bonds. The van der Waals surface area contributed by atoms with Crippen LogP contribution in [0.1, 0.15) is 24.1 Å². The minimum absolute atomic E-state index is 0.0223. The van der Waals surface area contributed by atoms with E-state index in [1.807, 2.05) is 41.4 Å². The number of carboxylic acids is 1. The number of carbonyl (C=O) groups excluding carboxylic acids is 1. The Morgan fingerprint density at radius 2 is 1.97 bits per heavy atom. The third-order valence-electron chi connectivity index (χ3n) is 5.48. The predicted octanol–water partition coefficient (Wildman–Crippen LogP) is 3.22. The van der Waals surface area contributed by atoms with Crippen LogP contribution in [-0.4, -0.2) is 52.7 Å². The number of carboxylic acid groups (broad SMARTS) is 1. The number of nitriles is 1. The van der Waals surface area contributed by atoms with Gasteiger partial charge in [0.1, 0.15) is 0 Å².